The molecule has 0 radical (unpaired) electrons. The van der Waals surface area contributed by atoms with Crippen LogP contribution in [0.5, 0.6) is 5.75 Å². The van der Waals surface area contributed by atoms with Gasteiger partial charge in [0.15, 0.2) is 0 Å². The molecule has 0 unspecified atom stereocenters. The molecule has 0 saturated carbocycles. The van der Waals surface area contributed by atoms with Crippen molar-refractivity contribution in [2.45, 2.75) is 6.42 Å². The number of allylic oxidation sites excluding steroid dienone is 1. The molecule has 0 saturated heterocycles. The van der Waals surface area contributed by atoms with E-state index in [-0.39, 0.29) is 59.1 Å². The molecule has 0 atom stereocenters. The molecule has 1 rings (SSSR count). The Labute approximate surface area is 188 Å². The van der Waals surface area contributed by atoms with Crippen LogP contribution in [0.15, 0.2) is 62.2 Å². The molecule has 1 aromatic rings. The summed E-state index contributed by atoms with van der Waals surface area (Å²) in [4.78, 5) is 0. The van der Waals surface area contributed by atoms with Crippen molar-refractivity contribution in [1.29, 1.82) is 0 Å². The van der Waals surface area contributed by atoms with E-state index in [9.17, 15) is 5.11 Å². The molecular formula is C15H20Na2O6S. The van der Waals surface area contributed by atoms with Gasteiger partial charge in [-0.15, -0.1) is 19.7 Å². The first-order chi connectivity index (χ1) is 10.3. The van der Waals surface area contributed by atoms with Gasteiger partial charge in [-0.1, -0.05) is 36.4 Å². The van der Waals surface area contributed by atoms with Crippen molar-refractivity contribution in [2.75, 3.05) is 13.2 Å². The van der Waals surface area contributed by atoms with Crippen LogP contribution < -0.4 is 59.1 Å². The number of ether oxygens (including phenoxy) is 1. The minimum absolute atomic E-state index is 0. The number of rotatable bonds is 6. The maximum absolute atomic E-state index is 9.19. The summed E-state index contributed by atoms with van der Waals surface area (Å²) < 4.78 is 39.0. The van der Waals surface area contributed by atoms with Crippen LogP contribution in [0.25, 0.3) is 0 Å². The van der Waals surface area contributed by atoms with Gasteiger partial charge in [0.25, 0.3) is 0 Å². The predicted molar refractivity (Wildman–Crippen MR) is 83.7 cm³/mol. The summed E-state index contributed by atoms with van der Waals surface area (Å²) in [7, 11) is -5.17. The fourth-order valence-electron chi connectivity index (χ4n) is 1.07. The van der Waals surface area contributed by atoms with Crippen LogP contribution in [0.1, 0.15) is 5.56 Å². The Balaban J connectivity index is -0.000000128. The molecule has 0 amide bonds. The Morgan fingerprint density at radius 1 is 1.00 bits per heavy atom. The number of phenols is 1. The Hall–Kier alpha value is 0.0700. The van der Waals surface area contributed by atoms with Gasteiger partial charge in [0.05, 0.1) is 13.2 Å². The van der Waals surface area contributed by atoms with E-state index < -0.39 is 10.4 Å². The minimum Gasteiger partial charge on any atom is -0.759 e. The normalized spacial score (nSPS) is 8.58. The molecule has 0 aliphatic carbocycles. The molecule has 24 heavy (non-hydrogen) atoms. The summed E-state index contributed by atoms with van der Waals surface area (Å²) in [6.45, 7) is 11.8. The molecule has 9 heteroatoms. The summed E-state index contributed by atoms with van der Waals surface area (Å²) in [5, 5.41) is 9.19. The molecule has 6 nitrogen and oxygen atoms in total. The van der Waals surface area contributed by atoms with Gasteiger partial charge in [-0.2, -0.15) is 0 Å². The first-order valence-corrected chi connectivity index (χ1v) is 7.43. The van der Waals surface area contributed by atoms with Crippen LogP contribution in [0.2, 0.25) is 0 Å². The number of hydrogen-bond acceptors (Lipinski definition) is 6. The summed E-state index contributed by atoms with van der Waals surface area (Å²) in [6, 6.07) is 7.27. The standard InChI is InChI=1S/C9H10O.C6H10O.2Na.H2O4S/c1-2-5-8-6-3-4-7-9(8)10;1-3-5-7-6-4-2;;;1-5(2,3)4/h2-4,6-7,10H,1,5H2;3-4H,1-2,5-6H2;;;(H2,1,2,3,4)/q;;2*+1;/p-2. The molecular weight excluding hydrogens is 354 g/mol. The molecule has 1 aromatic carbocycles. The van der Waals surface area contributed by atoms with Crippen molar-refractivity contribution < 1.29 is 86.5 Å². The van der Waals surface area contributed by atoms with Crippen molar-refractivity contribution >= 4 is 10.4 Å². The van der Waals surface area contributed by atoms with E-state index in [0.717, 1.165) is 12.0 Å². The van der Waals surface area contributed by atoms with Gasteiger partial charge in [0.1, 0.15) is 5.75 Å². The molecule has 0 aliphatic heterocycles. The second-order valence-corrected chi connectivity index (χ2v) is 4.46. The van der Waals surface area contributed by atoms with Gasteiger partial charge in [-0.05, 0) is 18.1 Å². The fourth-order valence-corrected chi connectivity index (χ4v) is 1.07. The first kappa shape index (κ1) is 31.8. The molecule has 0 aliphatic rings. The van der Waals surface area contributed by atoms with E-state index in [1.807, 2.05) is 18.2 Å². The Bertz CT molecular complexity index is 531. The zero-order chi connectivity index (χ0) is 17.4. The molecule has 1 N–H and O–H groups in total. The third kappa shape index (κ3) is 30.0. The largest absolute Gasteiger partial charge is 1.00 e. The van der Waals surface area contributed by atoms with E-state index in [2.05, 4.69) is 19.7 Å². The summed E-state index contributed by atoms with van der Waals surface area (Å²) in [5.41, 5.74) is 0.928. The van der Waals surface area contributed by atoms with Crippen LogP contribution in [0, 0.1) is 0 Å². The molecule has 124 valence electrons. The Kier molecular flexibility index (Phi) is 28.0. The van der Waals surface area contributed by atoms with E-state index in [1.54, 1.807) is 24.3 Å². The topological polar surface area (TPSA) is 110 Å². The van der Waals surface area contributed by atoms with Gasteiger partial charge in [0, 0.05) is 10.4 Å². The van der Waals surface area contributed by atoms with Crippen LogP contribution in [0.3, 0.4) is 0 Å². The van der Waals surface area contributed by atoms with Gasteiger partial charge in [0.2, 0.25) is 0 Å². The third-order valence-electron chi connectivity index (χ3n) is 1.83. The van der Waals surface area contributed by atoms with Crippen LogP contribution in [-0.4, -0.2) is 35.8 Å². The van der Waals surface area contributed by atoms with Gasteiger partial charge < -0.3 is 18.9 Å². The summed E-state index contributed by atoms with van der Waals surface area (Å²) >= 11 is 0. The van der Waals surface area contributed by atoms with Crippen molar-refractivity contribution in [3.8, 4) is 5.75 Å². The number of aromatic hydroxyl groups is 1. The van der Waals surface area contributed by atoms with Crippen molar-refractivity contribution in [3.63, 3.8) is 0 Å². The van der Waals surface area contributed by atoms with E-state index in [0.29, 0.717) is 19.0 Å². The Morgan fingerprint density at radius 3 is 1.75 bits per heavy atom. The number of phenolic OH excluding ortho intramolecular Hbond substituents is 1. The van der Waals surface area contributed by atoms with E-state index in [1.165, 1.54) is 0 Å². The van der Waals surface area contributed by atoms with Crippen LogP contribution in [-0.2, 0) is 21.6 Å². The average molecular weight is 374 g/mol. The Morgan fingerprint density at radius 2 is 1.42 bits per heavy atom. The average Bonchev–Trinajstić information content (AvgIpc) is 2.41. The number of para-hydroxylation sites is 1. The fraction of sp³-hybridized carbons (Fsp3) is 0.200. The van der Waals surface area contributed by atoms with Gasteiger partial charge in [-0.25, -0.2) is 0 Å². The molecule has 0 fully saturated rings. The maximum atomic E-state index is 9.19. The van der Waals surface area contributed by atoms with Gasteiger partial charge >= 0.3 is 59.1 Å². The molecule has 0 aromatic heterocycles. The monoisotopic (exact) mass is 374 g/mol. The number of benzene rings is 1. The van der Waals surface area contributed by atoms with Crippen molar-refractivity contribution in [2.24, 2.45) is 0 Å². The zero-order valence-corrected chi connectivity index (χ0v) is 19.0. The van der Waals surface area contributed by atoms with Gasteiger partial charge in [-0.3, -0.25) is 8.42 Å². The second-order valence-electron chi connectivity index (χ2n) is 3.64. The molecule has 0 bridgehead atoms. The third-order valence-corrected chi connectivity index (χ3v) is 1.83. The zero-order valence-electron chi connectivity index (χ0n) is 14.2. The smallest absolute Gasteiger partial charge is 0.759 e. The summed E-state index contributed by atoms with van der Waals surface area (Å²) in [5.74, 6) is 0.349. The summed E-state index contributed by atoms with van der Waals surface area (Å²) in [6.07, 6.45) is 5.93. The first-order valence-electron chi connectivity index (χ1n) is 6.10. The minimum atomic E-state index is -5.17. The predicted octanol–water partition coefficient (Wildman–Crippen LogP) is -3.83. The van der Waals surface area contributed by atoms with E-state index in [4.69, 9.17) is 22.3 Å². The quantitative estimate of drug-likeness (QED) is 0.180. The maximum Gasteiger partial charge on any atom is 1.00 e. The SMILES string of the molecule is C=CCOCC=C.C=CCc1ccccc1O.O=S(=O)([O-])[O-].[Na+].[Na+]. The van der Waals surface area contributed by atoms with Crippen LogP contribution >= 0.6 is 0 Å². The van der Waals surface area contributed by atoms with Crippen molar-refractivity contribution in [3.05, 3.63) is 67.8 Å². The molecule has 0 spiro atoms. The molecule has 0 heterocycles. The van der Waals surface area contributed by atoms with Crippen LogP contribution in [0.4, 0.5) is 0 Å². The number of hydrogen-bond donors (Lipinski definition) is 1. The van der Waals surface area contributed by atoms with Crippen molar-refractivity contribution in [1.82, 2.24) is 0 Å². The van der Waals surface area contributed by atoms with E-state index >= 15 is 0 Å². The second kappa shape index (κ2) is 21.1.